The summed E-state index contributed by atoms with van der Waals surface area (Å²) in [5.74, 6) is -1.39. The second-order valence-electron chi connectivity index (χ2n) is 13.6. The Hall–Kier alpha value is -4.53. The first-order valence-electron chi connectivity index (χ1n) is 17.7. The van der Waals surface area contributed by atoms with Gasteiger partial charge in [-0.3, -0.25) is 19.2 Å². The first kappa shape index (κ1) is 34.9. The molecule has 1 saturated carbocycles. The maximum Gasteiger partial charge on any atom is 0.304 e. The predicted octanol–water partition coefficient (Wildman–Crippen LogP) is 3.29. The second kappa shape index (κ2) is 14.6. The number of piperazine rings is 1. The molecule has 13 nitrogen and oxygen atoms in total. The molecule has 0 radical (unpaired) electrons. The summed E-state index contributed by atoms with van der Waals surface area (Å²) >= 11 is 0. The van der Waals surface area contributed by atoms with Crippen LogP contribution >= 0.6 is 0 Å². The highest BCUT2D eigenvalue weighted by Gasteiger charge is 2.33. The van der Waals surface area contributed by atoms with Crippen molar-refractivity contribution in [1.29, 1.82) is 0 Å². The minimum atomic E-state index is -4.07. The van der Waals surface area contributed by atoms with Crippen molar-refractivity contribution in [3.05, 3.63) is 64.7 Å². The number of benzene rings is 2. The Labute approximate surface area is 297 Å². The topological polar surface area (TPSA) is 148 Å². The number of hydrogen-bond acceptors (Lipinski definition) is 8. The minimum Gasteiger partial charge on any atom is -0.456 e. The van der Waals surface area contributed by atoms with Crippen molar-refractivity contribution in [3.63, 3.8) is 0 Å². The fourth-order valence-corrected chi connectivity index (χ4v) is 8.90. The van der Waals surface area contributed by atoms with Gasteiger partial charge in [-0.1, -0.05) is 49.6 Å². The Morgan fingerprint density at radius 2 is 1.61 bits per heavy atom. The van der Waals surface area contributed by atoms with Crippen molar-refractivity contribution in [2.45, 2.75) is 51.5 Å². The molecule has 3 amide bonds. The third-order valence-corrected chi connectivity index (χ3v) is 11.9. The van der Waals surface area contributed by atoms with E-state index in [1.54, 1.807) is 21.9 Å². The van der Waals surface area contributed by atoms with E-state index in [1.165, 1.54) is 23.2 Å². The van der Waals surface area contributed by atoms with Gasteiger partial charge in [0.25, 0.3) is 17.7 Å². The van der Waals surface area contributed by atoms with Gasteiger partial charge in [0.15, 0.2) is 6.61 Å². The molecule has 4 heterocycles. The molecule has 2 saturated heterocycles. The van der Waals surface area contributed by atoms with Gasteiger partial charge in [-0.05, 0) is 48.1 Å². The molecule has 0 spiro atoms. The zero-order valence-corrected chi connectivity index (χ0v) is 29.6. The number of carbonyl (C=O) groups is 4. The average Bonchev–Trinajstić information content (AvgIpc) is 3.36. The lowest BCUT2D eigenvalue weighted by atomic mass is 9.81. The number of hydrogen-bond donors (Lipinski definition) is 1. The van der Waals surface area contributed by atoms with Crippen LogP contribution in [-0.4, -0.2) is 110 Å². The van der Waals surface area contributed by atoms with E-state index in [0.717, 1.165) is 53.4 Å². The van der Waals surface area contributed by atoms with Crippen LogP contribution in [0.1, 0.15) is 66.4 Å². The average molecular weight is 718 g/mol. The summed E-state index contributed by atoms with van der Waals surface area (Å²) < 4.78 is 41.9. The number of aromatic nitrogens is 1. The van der Waals surface area contributed by atoms with E-state index in [1.807, 2.05) is 30.3 Å². The number of ether oxygens (including phenoxy) is 2. The summed E-state index contributed by atoms with van der Waals surface area (Å²) in [7, 11) is -4.07. The van der Waals surface area contributed by atoms with Crippen LogP contribution in [0.15, 0.2) is 48.0 Å². The van der Waals surface area contributed by atoms with Gasteiger partial charge in [0.2, 0.25) is 0 Å². The lowest BCUT2D eigenvalue weighted by Crippen LogP contribution is -2.52. The zero-order valence-electron chi connectivity index (χ0n) is 28.8. The third kappa shape index (κ3) is 7.17. The molecule has 1 aromatic heterocycles. The van der Waals surface area contributed by atoms with E-state index in [4.69, 9.17) is 9.47 Å². The largest absolute Gasteiger partial charge is 0.456 e. The fraction of sp³-hybridized carbons (Fsp3) is 0.459. The first-order valence-corrected chi connectivity index (χ1v) is 19.1. The molecular formula is C37H43N5O8S. The monoisotopic (exact) mass is 717 g/mol. The lowest BCUT2D eigenvalue weighted by molar-refractivity contribution is -0.151. The fourth-order valence-electron chi connectivity index (χ4n) is 7.79. The number of nitrogens with one attached hydrogen (secondary N) is 1. The SMILES string of the molecule is CC(=O)OCC(=O)N1CCN(C(=O)C2=Cc3ccccc3-c3c(C4CCCCC4)c4ccc(C(=O)NS(=O)(=O)N5CCOCC5)cc4n3C2)CC1. The number of fused-ring (bicyclic) bond motifs is 5. The van der Waals surface area contributed by atoms with Crippen LogP contribution in [0.3, 0.4) is 0 Å². The van der Waals surface area contributed by atoms with Gasteiger partial charge in [0.05, 0.1) is 25.5 Å². The summed E-state index contributed by atoms with van der Waals surface area (Å²) in [6.07, 6.45) is 7.45. The van der Waals surface area contributed by atoms with Crippen LogP contribution in [0.5, 0.6) is 0 Å². The molecule has 1 aliphatic carbocycles. The van der Waals surface area contributed by atoms with Crippen molar-refractivity contribution in [2.75, 3.05) is 59.1 Å². The Balaban J connectivity index is 1.24. The molecule has 270 valence electrons. The normalized spacial score (nSPS) is 18.7. The highest BCUT2D eigenvalue weighted by atomic mass is 32.2. The van der Waals surface area contributed by atoms with Gasteiger partial charge in [0.1, 0.15) is 0 Å². The molecule has 1 N–H and O–H groups in total. The van der Waals surface area contributed by atoms with Crippen LogP contribution in [0.4, 0.5) is 0 Å². The lowest BCUT2D eigenvalue weighted by Gasteiger charge is -2.35. The molecule has 14 heteroatoms. The number of rotatable bonds is 7. The first-order chi connectivity index (χ1) is 24.6. The van der Waals surface area contributed by atoms with Crippen molar-refractivity contribution in [1.82, 2.24) is 23.4 Å². The number of nitrogens with zero attached hydrogens (tertiary/aromatic N) is 4. The Kier molecular flexibility index (Phi) is 9.99. The van der Waals surface area contributed by atoms with E-state index < -0.39 is 22.1 Å². The van der Waals surface area contributed by atoms with Crippen molar-refractivity contribution >= 4 is 50.9 Å². The molecule has 3 fully saturated rings. The minimum absolute atomic E-state index is 0.142. The Bertz CT molecular complexity index is 2000. The molecule has 2 aromatic carbocycles. The van der Waals surface area contributed by atoms with Gasteiger partial charge in [0, 0.05) is 73.8 Å². The molecule has 4 aliphatic rings. The number of morpholine rings is 1. The van der Waals surface area contributed by atoms with E-state index in [2.05, 4.69) is 15.4 Å². The van der Waals surface area contributed by atoms with Crippen LogP contribution in [0.25, 0.3) is 28.2 Å². The Morgan fingerprint density at radius 3 is 2.33 bits per heavy atom. The predicted molar refractivity (Wildman–Crippen MR) is 190 cm³/mol. The van der Waals surface area contributed by atoms with Gasteiger partial charge in [-0.25, -0.2) is 4.72 Å². The standard InChI is InChI=1S/C37H43N5O8S/c1-25(43)50-24-33(44)39-13-15-40(16-14-39)37(46)29-21-27-9-5-6-10-30(27)35-34(26-7-3-2-4-8-26)31-12-11-28(22-32(31)42(35)23-29)36(45)38-51(47,48)41-17-19-49-20-18-41/h5-6,9-12,21-22,26H,2-4,7-8,13-20,23-24H2,1H3,(H,38,45). The highest BCUT2D eigenvalue weighted by Crippen LogP contribution is 2.46. The maximum atomic E-state index is 14.3. The van der Waals surface area contributed by atoms with Crippen LogP contribution in [0, 0.1) is 0 Å². The third-order valence-electron chi connectivity index (χ3n) is 10.4. The molecule has 3 aromatic rings. The van der Waals surface area contributed by atoms with Crippen molar-refractivity contribution < 1.29 is 37.1 Å². The second-order valence-corrected chi connectivity index (χ2v) is 15.2. The molecule has 3 aliphatic heterocycles. The zero-order chi connectivity index (χ0) is 35.7. The van der Waals surface area contributed by atoms with Gasteiger partial charge < -0.3 is 23.8 Å². The van der Waals surface area contributed by atoms with E-state index >= 15 is 0 Å². The van der Waals surface area contributed by atoms with Gasteiger partial charge in [-0.15, -0.1) is 0 Å². The van der Waals surface area contributed by atoms with Gasteiger partial charge >= 0.3 is 16.2 Å². The Morgan fingerprint density at radius 1 is 0.902 bits per heavy atom. The number of carbonyl (C=O) groups excluding carboxylic acids is 4. The van der Waals surface area contributed by atoms with Crippen molar-refractivity contribution in [3.8, 4) is 11.3 Å². The number of amides is 3. The smallest absolute Gasteiger partial charge is 0.304 e. The van der Waals surface area contributed by atoms with E-state index in [9.17, 15) is 27.6 Å². The van der Waals surface area contributed by atoms with Crippen LogP contribution in [-0.2, 0) is 40.6 Å². The van der Waals surface area contributed by atoms with E-state index in [0.29, 0.717) is 37.7 Å². The maximum absolute atomic E-state index is 14.3. The summed E-state index contributed by atoms with van der Waals surface area (Å²) in [6, 6.07) is 13.4. The highest BCUT2D eigenvalue weighted by molar-refractivity contribution is 7.87. The molecule has 0 atom stereocenters. The molecule has 0 bridgehead atoms. The van der Waals surface area contributed by atoms with Crippen LogP contribution < -0.4 is 4.72 Å². The quantitative estimate of drug-likeness (QED) is 0.367. The van der Waals surface area contributed by atoms with E-state index in [-0.39, 0.29) is 56.8 Å². The summed E-state index contributed by atoms with van der Waals surface area (Å²) in [5, 5.41) is 0.993. The molecule has 0 unspecified atom stereocenters. The molecular weight excluding hydrogens is 675 g/mol. The van der Waals surface area contributed by atoms with Crippen molar-refractivity contribution in [2.24, 2.45) is 0 Å². The number of esters is 1. The molecule has 7 rings (SSSR count). The summed E-state index contributed by atoms with van der Waals surface area (Å²) in [4.78, 5) is 54.9. The molecule has 51 heavy (non-hydrogen) atoms. The summed E-state index contributed by atoms with van der Waals surface area (Å²) in [6.45, 7) is 3.36. The summed E-state index contributed by atoms with van der Waals surface area (Å²) in [5.41, 5.74) is 5.68. The van der Waals surface area contributed by atoms with Gasteiger partial charge in [-0.2, -0.15) is 12.7 Å². The van der Waals surface area contributed by atoms with Crippen LogP contribution in [0.2, 0.25) is 0 Å².